The van der Waals surface area contributed by atoms with E-state index in [9.17, 15) is 0 Å². The maximum absolute atomic E-state index is 2.54. The lowest BCUT2D eigenvalue weighted by molar-refractivity contribution is 0.378. The number of fused-ring (bicyclic) bond motifs is 4. The van der Waals surface area contributed by atoms with Crippen molar-refractivity contribution >= 4 is 6.08 Å². The molecule has 2 aliphatic rings. The van der Waals surface area contributed by atoms with E-state index in [1.807, 2.05) is 0 Å². The Kier molecular flexibility index (Phi) is 3.57. The number of nitrogens with zero attached hydrogens (tertiary/aromatic N) is 1. The standard InChI is InChI=1S/C22H23N/c1-16-17(2)23(13-12-18-8-4-3-5-9-18)20-14-19-10-6-7-11-21(19)22(16)15-20/h3-11,14,22H,12-13,15H2,1-2H3. The summed E-state index contributed by atoms with van der Waals surface area (Å²) in [5, 5.41) is 0. The molecular weight excluding hydrogens is 278 g/mol. The van der Waals surface area contributed by atoms with Gasteiger partial charge in [0.1, 0.15) is 0 Å². The topological polar surface area (TPSA) is 3.24 Å². The molecule has 1 heteroatoms. The minimum atomic E-state index is 0.569. The SMILES string of the molecule is CC1=C(C)N(CCc2ccccc2)C2=Cc3ccccc3C1C2. The second kappa shape index (κ2) is 5.73. The molecule has 1 unspecified atom stereocenters. The second-order valence-electron chi connectivity index (χ2n) is 6.68. The Bertz CT molecular complexity index is 783. The monoisotopic (exact) mass is 301 g/mol. The first-order chi connectivity index (χ1) is 11.2. The molecule has 0 aromatic heterocycles. The second-order valence-corrected chi connectivity index (χ2v) is 6.68. The zero-order valence-corrected chi connectivity index (χ0v) is 13.9. The molecule has 0 amide bonds. The molecule has 0 radical (unpaired) electrons. The summed E-state index contributed by atoms with van der Waals surface area (Å²) >= 11 is 0. The van der Waals surface area contributed by atoms with Crippen molar-refractivity contribution in [2.24, 2.45) is 0 Å². The van der Waals surface area contributed by atoms with Crippen molar-refractivity contribution in [3.63, 3.8) is 0 Å². The first-order valence-electron chi connectivity index (χ1n) is 8.52. The summed E-state index contributed by atoms with van der Waals surface area (Å²) in [6, 6.07) is 19.7. The molecule has 1 heterocycles. The Hall–Kier alpha value is -2.28. The Morgan fingerprint density at radius 2 is 1.70 bits per heavy atom. The van der Waals surface area contributed by atoms with E-state index in [0.717, 1.165) is 19.4 Å². The Balaban J connectivity index is 1.66. The van der Waals surface area contributed by atoms with Crippen molar-refractivity contribution in [1.82, 2.24) is 4.90 Å². The van der Waals surface area contributed by atoms with Crippen LogP contribution in [0.3, 0.4) is 0 Å². The summed E-state index contributed by atoms with van der Waals surface area (Å²) in [6.45, 7) is 5.66. The number of rotatable bonds is 3. The van der Waals surface area contributed by atoms with Gasteiger partial charge < -0.3 is 4.90 Å². The molecule has 2 aromatic carbocycles. The van der Waals surface area contributed by atoms with E-state index >= 15 is 0 Å². The molecule has 4 rings (SSSR count). The highest BCUT2D eigenvalue weighted by Gasteiger charge is 2.31. The van der Waals surface area contributed by atoms with E-state index in [1.165, 1.54) is 33.7 Å². The van der Waals surface area contributed by atoms with E-state index in [-0.39, 0.29) is 0 Å². The lowest BCUT2D eigenvalue weighted by Crippen LogP contribution is -2.32. The van der Waals surface area contributed by atoms with Crippen LogP contribution >= 0.6 is 0 Å². The number of benzene rings is 2. The van der Waals surface area contributed by atoms with Crippen LogP contribution in [-0.2, 0) is 6.42 Å². The van der Waals surface area contributed by atoms with Crippen LogP contribution in [0.2, 0.25) is 0 Å². The summed E-state index contributed by atoms with van der Waals surface area (Å²) in [6.07, 6.45) is 4.64. The summed E-state index contributed by atoms with van der Waals surface area (Å²) in [5.74, 6) is 0.569. The van der Waals surface area contributed by atoms with Gasteiger partial charge in [-0.3, -0.25) is 0 Å². The molecule has 0 saturated carbocycles. The van der Waals surface area contributed by atoms with Crippen molar-refractivity contribution in [2.45, 2.75) is 32.6 Å². The fourth-order valence-corrected chi connectivity index (χ4v) is 3.97. The Morgan fingerprint density at radius 3 is 2.52 bits per heavy atom. The number of hydrogen-bond acceptors (Lipinski definition) is 1. The average Bonchev–Trinajstić information content (AvgIpc) is 2.60. The van der Waals surface area contributed by atoms with Gasteiger partial charge >= 0.3 is 0 Å². The molecular formula is C22H23N. The molecule has 23 heavy (non-hydrogen) atoms. The molecule has 0 saturated heterocycles. The molecule has 0 N–H and O–H groups in total. The van der Waals surface area contributed by atoms with Gasteiger partial charge in [-0.15, -0.1) is 0 Å². The molecule has 0 spiro atoms. The summed E-state index contributed by atoms with van der Waals surface area (Å²) in [5.41, 5.74) is 8.76. The largest absolute Gasteiger partial charge is 0.349 e. The normalized spacial score (nSPS) is 19.5. The highest BCUT2D eigenvalue weighted by atomic mass is 15.2. The Morgan fingerprint density at radius 1 is 0.957 bits per heavy atom. The van der Waals surface area contributed by atoms with Crippen molar-refractivity contribution in [1.29, 1.82) is 0 Å². The van der Waals surface area contributed by atoms with E-state index in [1.54, 1.807) is 0 Å². The zero-order chi connectivity index (χ0) is 15.8. The van der Waals surface area contributed by atoms with E-state index < -0.39 is 0 Å². The lowest BCUT2D eigenvalue weighted by atomic mass is 9.77. The van der Waals surface area contributed by atoms with Crippen LogP contribution in [0.1, 0.15) is 42.9 Å². The molecule has 1 aliphatic carbocycles. The quantitative estimate of drug-likeness (QED) is 0.737. The van der Waals surface area contributed by atoms with Crippen molar-refractivity contribution < 1.29 is 0 Å². The first kappa shape index (κ1) is 14.3. The minimum Gasteiger partial charge on any atom is -0.349 e. The van der Waals surface area contributed by atoms with Crippen LogP contribution in [0.25, 0.3) is 6.08 Å². The highest BCUT2D eigenvalue weighted by molar-refractivity contribution is 5.64. The molecule has 1 nitrogen and oxygen atoms in total. The summed E-state index contributed by atoms with van der Waals surface area (Å²) < 4.78 is 0. The number of hydrogen-bond donors (Lipinski definition) is 0. The van der Waals surface area contributed by atoms with E-state index in [4.69, 9.17) is 0 Å². The van der Waals surface area contributed by atoms with Gasteiger partial charge in [0.05, 0.1) is 0 Å². The third-order valence-corrected chi connectivity index (χ3v) is 5.42. The minimum absolute atomic E-state index is 0.569. The average molecular weight is 301 g/mol. The molecule has 0 fully saturated rings. The van der Waals surface area contributed by atoms with Crippen LogP contribution < -0.4 is 0 Å². The fourth-order valence-electron chi connectivity index (χ4n) is 3.97. The Labute approximate surface area is 139 Å². The fraction of sp³-hybridized carbons (Fsp3) is 0.273. The van der Waals surface area contributed by atoms with E-state index in [2.05, 4.69) is 79.4 Å². The summed E-state index contributed by atoms with van der Waals surface area (Å²) in [4.78, 5) is 2.54. The maximum Gasteiger partial charge on any atom is 0.0265 e. The molecule has 2 aromatic rings. The first-order valence-corrected chi connectivity index (χ1v) is 8.52. The molecule has 1 atom stereocenters. The van der Waals surface area contributed by atoms with Crippen molar-refractivity contribution in [2.75, 3.05) is 6.54 Å². The van der Waals surface area contributed by atoms with Crippen molar-refractivity contribution in [3.05, 3.63) is 88.3 Å². The van der Waals surface area contributed by atoms with Gasteiger partial charge in [0.25, 0.3) is 0 Å². The summed E-state index contributed by atoms with van der Waals surface area (Å²) in [7, 11) is 0. The zero-order valence-electron chi connectivity index (χ0n) is 13.9. The van der Waals surface area contributed by atoms with Crippen LogP contribution in [0.15, 0.2) is 71.6 Å². The van der Waals surface area contributed by atoms with Crippen LogP contribution in [0, 0.1) is 0 Å². The van der Waals surface area contributed by atoms with Gasteiger partial charge in [-0.2, -0.15) is 0 Å². The van der Waals surface area contributed by atoms with Gasteiger partial charge in [-0.1, -0.05) is 54.6 Å². The predicted octanol–water partition coefficient (Wildman–Crippen LogP) is 5.37. The van der Waals surface area contributed by atoms with Gasteiger partial charge in [-0.25, -0.2) is 0 Å². The van der Waals surface area contributed by atoms with Crippen LogP contribution in [0.5, 0.6) is 0 Å². The lowest BCUT2D eigenvalue weighted by Gasteiger charge is -2.41. The predicted molar refractivity (Wildman–Crippen MR) is 97.0 cm³/mol. The highest BCUT2D eigenvalue weighted by Crippen LogP contribution is 2.45. The molecule has 1 aliphatic heterocycles. The van der Waals surface area contributed by atoms with Crippen LogP contribution in [0.4, 0.5) is 0 Å². The maximum atomic E-state index is 2.54. The van der Waals surface area contributed by atoms with Crippen molar-refractivity contribution in [3.8, 4) is 0 Å². The van der Waals surface area contributed by atoms with Gasteiger partial charge in [0.2, 0.25) is 0 Å². The number of allylic oxidation sites excluding steroid dienone is 3. The molecule has 2 bridgehead atoms. The third-order valence-electron chi connectivity index (χ3n) is 5.42. The third kappa shape index (κ3) is 2.50. The smallest absolute Gasteiger partial charge is 0.0265 e. The van der Waals surface area contributed by atoms with Gasteiger partial charge in [-0.05, 0) is 55.0 Å². The van der Waals surface area contributed by atoms with Gasteiger partial charge in [0.15, 0.2) is 0 Å². The van der Waals surface area contributed by atoms with Gasteiger partial charge in [0, 0.05) is 23.9 Å². The van der Waals surface area contributed by atoms with Crippen LogP contribution in [-0.4, -0.2) is 11.4 Å². The van der Waals surface area contributed by atoms with E-state index in [0.29, 0.717) is 5.92 Å². The molecule has 116 valence electrons.